The highest BCUT2D eigenvalue weighted by Gasteiger charge is 2.25. The Balaban J connectivity index is 1.64. The summed E-state index contributed by atoms with van der Waals surface area (Å²) in [6.07, 6.45) is 2.94. The number of thioether (sulfide) groups is 1. The van der Waals surface area contributed by atoms with E-state index in [0.717, 1.165) is 47.4 Å². The molecule has 0 radical (unpaired) electrons. The van der Waals surface area contributed by atoms with E-state index in [4.69, 9.17) is 9.47 Å². The quantitative estimate of drug-likeness (QED) is 0.571. The van der Waals surface area contributed by atoms with Gasteiger partial charge in [-0.15, -0.1) is 0 Å². The van der Waals surface area contributed by atoms with Crippen LogP contribution in [0.2, 0.25) is 0 Å². The largest absolute Gasteiger partial charge is 0.428 e. The Kier molecular flexibility index (Phi) is 6.21. The SMILES string of the molecule is CN(C)CCc1cn(C(=O)OCOC(=O)C2CCSC2)c2ccccc12. The van der Waals surface area contributed by atoms with Crippen molar-refractivity contribution in [2.45, 2.75) is 12.8 Å². The molecule has 1 fully saturated rings. The number of benzene rings is 1. The molecule has 1 saturated heterocycles. The number of esters is 1. The number of hydrogen-bond acceptors (Lipinski definition) is 6. The summed E-state index contributed by atoms with van der Waals surface area (Å²) in [5, 5.41) is 1.03. The Hall–Kier alpha value is -1.99. The zero-order chi connectivity index (χ0) is 18.5. The van der Waals surface area contributed by atoms with Gasteiger partial charge in [0.2, 0.25) is 6.79 Å². The van der Waals surface area contributed by atoms with Crippen LogP contribution >= 0.6 is 11.8 Å². The van der Waals surface area contributed by atoms with Crippen LogP contribution in [0.4, 0.5) is 4.79 Å². The molecule has 140 valence electrons. The Labute approximate surface area is 157 Å². The van der Waals surface area contributed by atoms with E-state index in [1.165, 1.54) is 4.57 Å². The van der Waals surface area contributed by atoms with Crippen molar-refractivity contribution in [2.75, 3.05) is 38.9 Å². The molecule has 1 aromatic carbocycles. The van der Waals surface area contributed by atoms with Gasteiger partial charge in [-0.2, -0.15) is 11.8 Å². The molecule has 0 saturated carbocycles. The summed E-state index contributed by atoms with van der Waals surface area (Å²) < 4.78 is 11.8. The molecule has 6 nitrogen and oxygen atoms in total. The summed E-state index contributed by atoms with van der Waals surface area (Å²) in [6.45, 7) is 0.540. The van der Waals surface area contributed by atoms with Crippen molar-refractivity contribution in [1.29, 1.82) is 0 Å². The smallest absolute Gasteiger partial charge is 0.421 e. The van der Waals surface area contributed by atoms with Crippen LogP contribution in [-0.4, -0.2) is 60.5 Å². The molecule has 2 aromatic rings. The van der Waals surface area contributed by atoms with Crippen molar-refractivity contribution < 1.29 is 19.1 Å². The summed E-state index contributed by atoms with van der Waals surface area (Å²) >= 11 is 1.74. The standard InChI is InChI=1S/C19H24N2O4S/c1-20(2)9-7-14-11-21(17-6-4-3-5-16(14)17)19(23)25-13-24-18(22)15-8-10-26-12-15/h3-6,11,15H,7-10,12-13H2,1-2H3. The van der Waals surface area contributed by atoms with Crippen molar-refractivity contribution in [2.24, 2.45) is 5.92 Å². The number of aromatic nitrogens is 1. The van der Waals surface area contributed by atoms with E-state index in [2.05, 4.69) is 4.90 Å². The van der Waals surface area contributed by atoms with Crippen molar-refractivity contribution >= 4 is 34.7 Å². The maximum absolute atomic E-state index is 12.4. The number of ether oxygens (including phenoxy) is 2. The molecule has 1 aliphatic heterocycles. The first-order valence-electron chi connectivity index (χ1n) is 8.71. The van der Waals surface area contributed by atoms with Gasteiger partial charge in [0.15, 0.2) is 0 Å². The summed E-state index contributed by atoms with van der Waals surface area (Å²) in [7, 11) is 4.04. The van der Waals surface area contributed by atoms with Crippen LogP contribution in [0.25, 0.3) is 10.9 Å². The first-order valence-corrected chi connectivity index (χ1v) is 9.87. The Morgan fingerprint density at radius 2 is 2.08 bits per heavy atom. The third kappa shape index (κ3) is 4.40. The second-order valence-electron chi connectivity index (χ2n) is 6.65. The predicted octanol–water partition coefficient (Wildman–Crippen LogP) is 2.98. The Bertz CT molecular complexity index is 781. The third-order valence-corrected chi connectivity index (χ3v) is 5.63. The summed E-state index contributed by atoms with van der Waals surface area (Å²) in [6, 6.07) is 7.73. The highest BCUT2D eigenvalue weighted by molar-refractivity contribution is 7.99. The summed E-state index contributed by atoms with van der Waals surface area (Å²) in [5.41, 5.74) is 1.89. The van der Waals surface area contributed by atoms with Crippen molar-refractivity contribution in [3.8, 4) is 0 Å². The zero-order valence-electron chi connectivity index (χ0n) is 15.1. The molecule has 3 rings (SSSR count). The molecular formula is C19H24N2O4S. The maximum Gasteiger partial charge on any atom is 0.421 e. The first kappa shape index (κ1) is 18.8. The highest BCUT2D eigenvalue weighted by Crippen LogP contribution is 2.25. The van der Waals surface area contributed by atoms with Crippen LogP contribution in [0.5, 0.6) is 0 Å². The second kappa shape index (κ2) is 8.60. The zero-order valence-corrected chi connectivity index (χ0v) is 16.0. The van der Waals surface area contributed by atoms with E-state index >= 15 is 0 Å². The minimum absolute atomic E-state index is 0.0799. The molecule has 0 bridgehead atoms. The Morgan fingerprint density at radius 1 is 1.27 bits per heavy atom. The number of likely N-dealkylation sites (N-methyl/N-ethyl adjacent to an activating group) is 1. The maximum atomic E-state index is 12.4. The van der Waals surface area contributed by atoms with E-state index in [1.807, 2.05) is 44.6 Å². The van der Waals surface area contributed by atoms with Gasteiger partial charge in [0.05, 0.1) is 11.4 Å². The summed E-state index contributed by atoms with van der Waals surface area (Å²) in [4.78, 5) is 26.4. The van der Waals surface area contributed by atoms with E-state index in [-0.39, 0.29) is 18.7 Å². The lowest BCUT2D eigenvalue weighted by molar-refractivity contribution is -0.155. The minimum Gasteiger partial charge on any atom is -0.428 e. The lowest BCUT2D eigenvalue weighted by atomic mass is 10.1. The molecule has 26 heavy (non-hydrogen) atoms. The van der Waals surface area contributed by atoms with Crippen LogP contribution in [0.3, 0.4) is 0 Å². The molecule has 0 aliphatic carbocycles. The summed E-state index contributed by atoms with van der Waals surface area (Å²) in [5.74, 6) is 1.39. The lowest BCUT2D eigenvalue weighted by Gasteiger charge is -2.10. The molecule has 0 N–H and O–H groups in total. The second-order valence-corrected chi connectivity index (χ2v) is 7.80. The number of rotatable bonds is 6. The molecule has 1 aromatic heterocycles. The fraction of sp³-hybridized carbons (Fsp3) is 0.474. The van der Waals surface area contributed by atoms with Gasteiger partial charge < -0.3 is 14.4 Å². The molecule has 1 unspecified atom stereocenters. The first-order chi connectivity index (χ1) is 12.6. The van der Waals surface area contributed by atoms with Gasteiger partial charge in [-0.25, -0.2) is 4.79 Å². The average molecular weight is 376 g/mol. The van der Waals surface area contributed by atoms with Gasteiger partial charge in [0.1, 0.15) is 0 Å². The van der Waals surface area contributed by atoms with E-state index in [1.54, 1.807) is 11.8 Å². The molecular weight excluding hydrogens is 352 g/mol. The topological polar surface area (TPSA) is 60.8 Å². The lowest BCUT2D eigenvalue weighted by Crippen LogP contribution is -2.21. The molecule has 1 atom stereocenters. The number of fused-ring (bicyclic) bond motifs is 1. The normalized spacial score (nSPS) is 17.0. The van der Waals surface area contributed by atoms with Crippen LogP contribution in [-0.2, 0) is 20.7 Å². The van der Waals surface area contributed by atoms with Crippen LogP contribution in [0.1, 0.15) is 12.0 Å². The minimum atomic E-state index is -0.536. The Morgan fingerprint density at radius 3 is 2.81 bits per heavy atom. The number of carbonyl (C=O) groups excluding carboxylic acids is 2. The molecule has 7 heteroatoms. The van der Waals surface area contributed by atoms with E-state index < -0.39 is 6.09 Å². The van der Waals surface area contributed by atoms with Gasteiger partial charge in [-0.1, -0.05) is 18.2 Å². The number of hydrogen-bond donors (Lipinski definition) is 0. The van der Waals surface area contributed by atoms with E-state index in [0.29, 0.717) is 0 Å². The van der Waals surface area contributed by atoms with Crippen molar-refractivity contribution in [1.82, 2.24) is 9.47 Å². The van der Waals surface area contributed by atoms with Gasteiger partial charge in [-0.05, 0) is 44.3 Å². The molecule has 1 aliphatic rings. The van der Waals surface area contributed by atoms with Crippen molar-refractivity contribution in [3.05, 3.63) is 36.0 Å². The average Bonchev–Trinajstić information content (AvgIpc) is 3.28. The van der Waals surface area contributed by atoms with Gasteiger partial charge in [-0.3, -0.25) is 9.36 Å². The van der Waals surface area contributed by atoms with Gasteiger partial charge in [0.25, 0.3) is 0 Å². The molecule has 0 amide bonds. The van der Waals surface area contributed by atoms with E-state index in [9.17, 15) is 9.59 Å². The molecule has 0 spiro atoms. The fourth-order valence-corrected chi connectivity index (χ4v) is 4.20. The fourth-order valence-electron chi connectivity index (χ4n) is 2.99. The highest BCUT2D eigenvalue weighted by atomic mass is 32.2. The van der Waals surface area contributed by atoms with Gasteiger partial charge in [0, 0.05) is 23.9 Å². The van der Waals surface area contributed by atoms with Gasteiger partial charge >= 0.3 is 12.1 Å². The molecule has 2 heterocycles. The van der Waals surface area contributed by atoms with Crippen LogP contribution < -0.4 is 0 Å². The van der Waals surface area contributed by atoms with Crippen LogP contribution in [0.15, 0.2) is 30.5 Å². The predicted molar refractivity (Wildman–Crippen MR) is 102 cm³/mol. The number of nitrogens with zero attached hydrogens (tertiary/aromatic N) is 2. The number of para-hydroxylation sites is 1. The third-order valence-electron chi connectivity index (χ3n) is 4.47. The van der Waals surface area contributed by atoms with Crippen molar-refractivity contribution in [3.63, 3.8) is 0 Å². The van der Waals surface area contributed by atoms with Crippen LogP contribution in [0, 0.1) is 5.92 Å². The monoisotopic (exact) mass is 376 g/mol. The number of carbonyl (C=O) groups is 2.